The molecular weight excluding hydrogens is 116 g/mol. The van der Waals surface area contributed by atoms with Gasteiger partial charge in [0.1, 0.15) is 0 Å². The molecule has 52 valence electrons. The average molecular weight is 134 g/mol. The molecular formula is C7H18S. The summed E-state index contributed by atoms with van der Waals surface area (Å²) in [5, 5.41) is 0.819. The summed E-state index contributed by atoms with van der Waals surface area (Å²) in [5.41, 5.74) is 0. The highest BCUT2D eigenvalue weighted by molar-refractivity contribution is 7.99. The van der Waals surface area contributed by atoms with E-state index in [1.165, 1.54) is 12.2 Å². The lowest BCUT2D eigenvalue weighted by atomic mass is 10.6. The first-order valence-corrected chi connectivity index (χ1v) is 3.93. The van der Waals surface area contributed by atoms with Crippen LogP contribution in [0.1, 0.15) is 34.6 Å². The predicted molar refractivity (Wildman–Crippen MR) is 44.6 cm³/mol. The standard InChI is InChI=1S/C6H14S.CH4/c1-4-5-7-6(2)3;/h6H,4-5H2,1-3H3;1H4. The molecule has 0 fully saturated rings. The normalized spacial score (nSPS) is 9.00. The highest BCUT2D eigenvalue weighted by Gasteiger charge is 1.88. The molecule has 0 radical (unpaired) electrons. The molecule has 0 aliphatic rings. The third-order valence-electron chi connectivity index (χ3n) is 0.655. The number of rotatable bonds is 3. The zero-order valence-corrected chi connectivity index (χ0v) is 6.22. The quantitative estimate of drug-likeness (QED) is 0.571. The smallest absolute Gasteiger partial charge is 0.000969 e. The maximum atomic E-state index is 2.24. The van der Waals surface area contributed by atoms with Crippen LogP contribution in [0.3, 0.4) is 0 Å². The zero-order valence-electron chi connectivity index (χ0n) is 5.40. The van der Waals surface area contributed by atoms with Crippen LogP contribution in [0.5, 0.6) is 0 Å². The zero-order chi connectivity index (χ0) is 5.70. The van der Waals surface area contributed by atoms with Crippen LogP contribution in [0, 0.1) is 0 Å². The van der Waals surface area contributed by atoms with Crippen molar-refractivity contribution in [3.8, 4) is 0 Å². The molecule has 0 saturated heterocycles. The first-order valence-electron chi connectivity index (χ1n) is 2.89. The number of hydrogen-bond acceptors (Lipinski definition) is 1. The van der Waals surface area contributed by atoms with E-state index in [0.29, 0.717) is 0 Å². The maximum absolute atomic E-state index is 2.24. The van der Waals surface area contributed by atoms with Crippen LogP contribution in [-0.2, 0) is 0 Å². The van der Waals surface area contributed by atoms with Gasteiger partial charge in [-0.25, -0.2) is 0 Å². The summed E-state index contributed by atoms with van der Waals surface area (Å²) in [5.74, 6) is 1.32. The molecule has 0 bridgehead atoms. The molecule has 0 N–H and O–H groups in total. The Morgan fingerprint density at radius 3 is 2.00 bits per heavy atom. The molecule has 0 unspecified atom stereocenters. The lowest BCUT2D eigenvalue weighted by Crippen LogP contribution is -1.86. The molecule has 0 saturated carbocycles. The maximum Gasteiger partial charge on any atom is -0.000969 e. The lowest BCUT2D eigenvalue weighted by Gasteiger charge is -1.99. The summed E-state index contributed by atoms with van der Waals surface area (Å²) in [6.07, 6.45) is 1.31. The van der Waals surface area contributed by atoms with Gasteiger partial charge in [0, 0.05) is 0 Å². The summed E-state index contributed by atoms with van der Waals surface area (Å²) in [6.45, 7) is 6.69. The van der Waals surface area contributed by atoms with E-state index < -0.39 is 0 Å². The van der Waals surface area contributed by atoms with E-state index in [0.717, 1.165) is 5.25 Å². The van der Waals surface area contributed by atoms with Gasteiger partial charge in [0.05, 0.1) is 0 Å². The summed E-state index contributed by atoms with van der Waals surface area (Å²) in [4.78, 5) is 0. The lowest BCUT2D eigenvalue weighted by molar-refractivity contribution is 1.06. The van der Waals surface area contributed by atoms with Crippen molar-refractivity contribution in [1.82, 2.24) is 0 Å². The molecule has 0 heterocycles. The van der Waals surface area contributed by atoms with E-state index in [1.807, 2.05) is 11.8 Å². The molecule has 0 aromatic rings. The van der Waals surface area contributed by atoms with Crippen LogP contribution in [0.25, 0.3) is 0 Å². The number of hydrogen-bond donors (Lipinski definition) is 0. The van der Waals surface area contributed by atoms with Crippen LogP contribution < -0.4 is 0 Å². The van der Waals surface area contributed by atoms with E-state index >= 15 is 0 Å². The van der Waals surface area contributed by atoms with Gasteiger partial charge in [-0.15, -0.1) is 0 Å². The summed E-state index contributed by atoms with van der Waals surface area (Å²) < 4.78 is 0. The van der Waals surface area contributed by atoms with Crippen molar-refractivity contribution in [3.63, 3.8) is 0 Å². The van der Waals surface area contributed by atoms with E-state index in [9.17, 15) is 0 Å². The molecule has 0 aliphatic carbocycles. The molecule has 0 amide bonds. The summed E-state index contributed by atoms with van der Waals surface area (Å²) >= 11 is 2.03. The van der Waals surface area contributed by atoms with Crippen molar-refractivity contribution in [2.45, 2.75) is 39.9 Å². The van der Waals surface area contributed by atoms with E-state index in [2.05, 4.69) is 20.8 Å². The van der Waals surface area contributed by atoms with Crippen LogP contribution in [0.15, 0.2) is 0 Å². The Bertz CT molecular complexity index is 33.4. The largest absolute Gasteiger partial charge is 0.159 e. The highest BCUT2D eigenvalue weighted by atomic mass is 32.2. The highest BCUT2D eigenvalue weighted by Crippen LogP contribution is 2.08. The average Bonchev–Trinajstić information content (AvgIpc) is 1.61. The Morgan fingerprint density at radius 2 is 1.88 bits per heavy atom. The summed E-state index contributed by atoms with van der Waals surface area (Å²) in [7, 11) is 0. The second-order valence-corrected chi connectivity index (χ2v) is 3.60. The van der Waals surface area contributed by atoms with E-state index in [4.69, 9.17) is 0 Å². The second kappa shape index (κ2) is 7.35. The van der Waals surface area contributed by atoms with Gasteiger partial charge in [0.2, 0.25) is 0 Å². The number of thioether (sulfide) groups is 1. The first-order chi connectivity index (χ1) is 3.27. The second-order valence-electron chi connectivity index (χ2n) is 1.92. The van der Waals surface area contributed by atoms with Crippen LogP contribution in [0.2, 0.25) is 0 Å². The Kier molecular flexibility index (Phi) is 10.3. The third-order valence-corrected chi connectivity index (χ3v) is 1.97. The minimum atomic E-state index is 0. The van der Waals surface area contributed by atoms with Crippen molar-refractivity contribution in [2.75, 3.05) is 5.75 Å². The Labute approximate surface area is 58.1 Å². The minimum Gasteiger partial charge on any atom is -0.159 e. The Hall–Kier alpha value is 0.350. The fourth-order valence-corrected chi connectivity index (χ4v) is 1.06. The van der Waals surface area contributed by atoms with Crippen molar-refractivity contribution in [3.05, 3.63) is 0 Å². The predicted octanol–water partition coefficient (Wildman–Crippen LogP) is 3.17. The molecule has 8 heavy (non-hydrogen) atoms. The van der Waals surface area contributed by atoms with Gasteiger partial charge in [-0.1, -0.05) is 28.2 Å². The SMILES string of the molecule is C.CCCSC(C)C. The molecule has 0 aliphatic heterocycles. The first kappa shape index (κ1) is 11.2. The van der Waals surface area contributed by atoms with Gasteiger partial charge in [0.25, 0.3) is 0 Å². The van der Waals surface area contributed by atoms with Gasteiger partial charge in [-0.2, -0.15) is 11.8 Å². The van der Waals surface area contributed by atoms with Crippen LogP contribution in [0.4, 0.5) is 0 Å². The van der Waals surface area contributed by atoms with E-state index in [1.54, 1.807) is 0 Å². The van der Waals surface area contributed by atoms with Crippen molar-refractivity contribution in [2.24, 2.45) is 0 Å². The molecule has 0 aromatic heterocycles. The Morgan fingerprint density at radius 1 is 1.38 bits per heavy atom. The molecule has 0 atom stereocenters. The van der Waals surface area contributed by atoms with Crippen LogP contribution in [-0.4, -0.2) is 11.0 Å². The Balaban J connectivity index is 0. The van der Waals surface area contributed by atoms with Gasteiger partial charge in [0.15, 0.2) is 0 Å². The molecule has 0 aromatic carbocycles. The fourth-order valence-electron chi connectivity index (χ4n) is 0.354. The van der Waals surface area contributed by atoms with Gasteiger partial charge in [-0.3, -0.25) is 0 Å². The minimum absolute atomic E-state index is 0. The topological polar surface area (TPSA) is 0 Å². The van der Waals surface area contributed by atoms with Crippen molar-refractivity contribution < 1.29 is 0 Å². The van der Waals surface area contributed by atoms with Gasteiger partial charge >= 0.3 is 0 Å². The third kappa shape index (κ3) is 9.61. The van der Waals surface area contributed by atoms with E-state index in [-0.39, 0.29) is 7.43 Å². The summed E-state index contributed by atoms with van der Waals surface area (Å²) in [6, 6.07) is 0. The van der Waals surface area contributed by atoms with Gasteiger partial charge < -0.3 is 0 Å². The van der Waals surface area contributed by atoms with Crippen molar-refractivity contribution in [1.29, 1.82) is 0 Å². The fraction of sp³-hybridized carbons (Fsp3) is 1.00. The monoisotopic (exact) mass is 134 g/mol. The molecule has 0 spiro atoms. The van der Waals surface area contributed by atoms with Crippen molar-refractivity contribution >= 4 is 11.8 Å². The van der Waals surface area contributed by atoms with Gasteiger partial charge in [-0.05, 0) is 17.4 Å². The van der Waals surface area contributed by atoms with Crippen LogP contribution >= 0.6 is 11.8 Å². The molecule has 0 rings (SSSR count). The molecule has 1 heteroatoms. The molecule has 0 nitrogen and oxygen atoms in total.